The van der Waals surface area contributed by atoms with Gasteiger partial charge in [-0.05, 0) is 32.0 Å². The minimum atomic E-state index is -0.408. The Morgan fingerprint density at radius 1 is 1.29 bits per heavy atom. The molecule has 1 atom stereocenters. The number of hydrogen-bond acceptors (Lipinski definition) is 4. The number of urea groups is 1. The molecule has 6 nitrogen and oxygen atoms in total. The van der Waals surface area contributed by atoms with Crippen molar-refractivity contribution in [2.24, 2.45) is 0 Å². The van der Waals surface area contributed by atoms with Crippen LogP contribution in [0.1, 0.15) is 24.2 Å². The van der Waals surface area contributed by atoms with Crippen molar-refractivity contribution in [3.05, 3.63) is 29.6 Å². The van der Waals surface area contributed by atoms with E-state index in [0.29, 0.717) is 44.0 Å². The van der Waals surface area contributed by atoms with Gasteiger partial charge in [0.05, 0.1) is 18.3 Å². The van der Waals surface area contributed by atoms with Crippen LogP contribution in [0.2, 0.25) is 0 Å². The Morgan fingerprint density at radius 2 is 1.96 bits per heavy atom. The molecule has 1 heterocycles. The first-order valence-corrected chi connectivity index (χ1v) is 8.02. The van der Waals surface area contributed by atoms with Crippen LogP contribution in [-0.4, -0.2) is 62.7 Å². The summed E-state index contributed by atoms with van der Waals surface area (Å²) in [6.45, 7) is 5.86. The SMILES string of the molecule is COCC(C)NC(=O)N1CCN(c2ccc(C(C)=O)cc2F)CC1. The molecule has 0 aliphatic carbocycles. The van der Waals surface area contributed by atoms with Gasteiger partial charge in [0.1, 0.15) is 5.82 Å². The van der Waals surface area contributed by atoms with Gasteiger partial charge in [-0.25, -0.2) is 9.18 Å². The quantitative estimate of drug-likeness (QED) is 0.834. The summed E-state index contributed by atoms with van der Waals surface area (Å²) in [5, 5.41) is 2.87. The van der Waals surface area contributed by atoms with Crippen molar-refractivity contribution in [1.29, 1.82) is 0 Å². The van der Waals surface area contributed by atoms with E-state index in [1.54, 1.807) is 24.1 Å². The fourth-order valence-corrected chi connectivity index (χ4v) is 2.73. The Hall–Kier alpha value is -2.15. The van der Waals surface area contributed by atoms with Gasteiger partial charge in [0, 0.05) is 38.9 Å². The van der Waals surface area contributed by atoms with Gasteiger partial charge in [0.25, 0.3) is 0 Å². The van der Waals surface area contributed by atoms with Crippen LogP contribution in [0.3, 0.4) is 0 Å². The molecule has 24 heavy (non-hydrogen) atoms. The van der Waals surface area contributed by atoms with E-state index in [1.165, 1.54) is 13.0 Å². The van der Waals surface area contributed by atoms with Gasteiger partial charge in [0.15, 0.2) is 5.78 Å². The molecule has 7 heteroatoms. The number of nitrogens with one attached hydrogen (secondary N) is 1. The molecule has 0 spiro atoms. The highest BCUT2D eigenvalue weighted by molar-refractivity contribution is 5.94. The second-order valence-corrected chi connectivity index (χ2v) is 6.00. The number of ketones is 1. The van der Waals surface area contributed by atoms with Crippen LogP contribution in [-0.2, 0) is 4.74 Å². The first kappa shape index (κ1) is 18.2. The number of anilines is 1. The van der Waals surface area contributed by atoms with Crippen LogP contribution in [0.25, 0.3) is 0 Å². The highest BCUT2D eigenvalue weighted by Gasteiger charge is 2.23. The first-order chi connectivity index (χ1) is 11.4. The number of benzene rings is 1. The van der Waals surface area contributed by atoms with Crippen molar-refractivity contribution >= 4 is 17.5 Å². The lowest BCUT2D eigenvalue weighted by Gasteiger charge is -2.36. The molecule has 1 unspecified atom stereocenters. The molecule has 0 aromatic heterocycles. The van der Waals surface area contributed by atoms with E-state index >= 15 is 0 Å². The maximum Gasteiger partial charge on any atom is 0.317 e. The number of ether oxygens (including phenoxy) is 1. The third-order valence-electron chi connectivity index (χ3n) is 4.05. The van der Waals surface area contributed by atoms with E-state index in [4.69, 9.17) is 4.74 Å². The fraction of sp³-hybridized carbons (Fsp3) is 0.529. The topological polar surface area (TPSA) is 61.9 Å². The van der Waals surface area contributed by atoms with Crippen LogP contribution in [0.15, 0.2) is 18.2 Å². The molecule has 1 fully saturated rings. The van der Waals surface area contributed by atoms with Crippen molar-refractivity contribution in [2.45, 2.75) is 19.9 Å². The first-order valence-electron chi connectivity index (χ1n) is 8.02. The number of carbonyl (C=O) groups excluding carboxylic acids is 2. The zero-order valence-corrected chi connectivity index (χ0v) is 14.3. The number of Topliss-reactive ketones (excluding diaryl/α,β-unsaturated/α-hetero) is 1. The third-order valence-corrected chi connectivity index (χ3v) is 4.05. The van der Waals surface area contributed by atoms with Crippen molar-refractivity contribution in [3.8, 4) is 0 Å². The lowest BCUT2D eigenvalue weighted by molar-refractivity contribution is 0.101. The van der Waals surface area contributed by atoms with Crippen LogP contribution >= 0.6 is 0 Å². The maximum atomic E-state index is 14.2. The smallest absolute Gasteiger partial charge is 0.317 e. The molecule has 0 bridgehead atoms. The largest absolute Gasteiger partial charge is 0.383 e. The number of piperazine rings is 1. The Balaban J connectivity index is 1.93. The van der Waals surface area contributed by atoms with Crippen molar-refractivity contribution < 1.29 is 18.7 Å². The zero-order chi connectivity index (χ0) is 17.7. The van der Waals surface area contributed by atoms with Gasteiger partial charge in [0.2, 0.25) is 0 Å². The summed E-state index contributed by atoms with van der Waals surface area (Å²) >= 11 is 0. The van der Waals surface area contributed by atoms with Crippen LogP contribution < -0.4 is 10.2 Å². The molecule has 0 radical (unpaired) electrons. The van der Waals surface area contributed by atoms with Gasteiger partial charge >= 0.3 is 6.03 Å². The van der Waals surface area contributed by atoms with Gasteiger partial charge in [-0.15, -0.1) is 0 Å². The highest BCUT2D eigenvalue weighted by atomic mass is 19.1. The summed E-state index contributed by atoms with van der Waals surface area (Å²) in [4.78, 5) is 27.0. The number of nitrogens with zero attached hydrogens (tertiary/aromatic N) is 2. The summed E-state index contributed by atoms with van der Waals surface area (Å²) in [5.74, 6) is -0.568. The number of carbonyl (C=O) groups is 2. The molecule has 1 aliphatic rings. The van der Waals surface area contributed by atoms with Crippen molar-refractivity contribution in [1.82, 2.24) is 10.2 Å². The molecule has 2 rings (SSSR count). The fourth-order valence-electron chi connectivity index (χ4n) is 2.73. The molecular weight excluding hydrogens is 313 g/mol. The summed E-state index contributed by atoms with van der Waals surface area (Å²) in [7, 11) is 1.59. The van der Waals surface area contributed by atoms with E-state index in [0.717, 1.165) is 0 Å². The Bertz CT molecular complexity index is 601. The molecule has 1 aliphatic heterocycles. The van der Waals surface area contributed by atoms with Gasteiger partial charge in [-0.3, -0.25) is 4.79 Å². The van der Waals surface area contributed by atoms with E-state index < -0.39 is 5.82 Å². The number of amides is 2. The van der Waals surface area contributed by atoms with E-state index in [9.17, 15) is 14.0 Å². The normalized spacial score (nSPS) is 16.0. The predicted octanol–water partition coefficient (Wildman–Crippen LogP) is 1.89. The van der Waals surface area contributed by atoms with Gasteiger partial charge in [-0.1, -0.05) is 0 Å². The van der Waals surface area contributed by atoms with Crippen molar-refractivity contribution in [3.63, 3.8) is 0 Å². The number of hydrogen-bond donors (Lipinski definition) is 1. The summed E-state index contributed by atoms with van der Waals surface area (Å²) in [6, 6.07) is 4.33. The molecule has 2 amide bonds. The average Bonchev–Trinajstić information content (AvgIpc) is 2.55. The summed E-state index contributed by atoms with van der Waals surface area (Å²) in [5.41, 5.74) is 0.828. The van der Waals surface area contributed by atoms with Crippen LogP contribution in [0, 0.1) is 5.82 Å². The Kier molecular flexibility index (Phi) is 6.14. The molecule has 0 saturated carbocycles. The monoisotopic (exact) mass is 337 g/mol. The molecule has 1 N–H and O–H groups in total. The summed E-state index contributed by atoms with van der Waals surface area (Å²) < 4.78 is 19.2. The minimum Gasteiger partial charge on any atom is -0.383 e. The standard InChI is InChI=1S/C17H24FN3O3/c1-12(11-24-3)19-17(23)21-8-6-20(7-9-21)16-5-4-14(13(2)22)10-15(16)18/h4-5,10,12H,6-9,11H2,1-3H3,(H,19,23). The molecular formula is C17H24FN3O3. The van der Waals surface area contributed by atoms with Gasteiger partial charge < -0.3 is 19.9 Å². The van der Waals surface area contributed by atoms with Gasteiger partial charge in [-0.2, -0.15) is 0 Å². The van der Waals surface area contributed by atoms with Crippen LogP contribution in [0.5, 0.6) is 0 Å². The van der Waals surface area contributed by atoms with E-state index in [2.05, 4.69) is 5.32 Å². The Labute approximate surface area is 141 Å². The maximum absolute atomic E-state index is 14.2. The molecule has 1 saturated heterocycles. The third kappa shape index (κ3) is 4.44. The number of methoxy groups -OCH3 is 1. The lowest BCUT2D eigenvalue weighted by Crippen LogP contribution is -2.53. The molecule has 132 valence electrons. The molecule has 1 aromatic carbocycles. The molecule has 1 aromatic rings. The minimum absolute atomic E-state index is 0.0582. The zero-order valence-electron chi connectivity index (χ0n) is 14.3. The number of halogens is 1. The second kappa shape index (κ2) is 8.10. The Morgan fingerprint density at radius 3 is 2.50 bits per heavy atom. The van der Waals surface area contributed by atoms with E-state index in [1.807, 2.05) is 11.8 Å². The van der Waals surface area contributed by atoms with Crippen molar-refractivity contribution in [2.75, 3.05) is 44.8 Å². The second-order valence-electron chi connectivity index (χ2n) is 6.00. The highest BCUT2D eigenvalue weighted by Crippen LogP contribution is 2.22. The van der Waals surface area contributed by atoms with E-state index in [-0.39, 0.29) is 17.9 Å². The predicted molar refractivity (Wildman–Crippen MR) is 90.1 cm³/mol. The lowest BCUT2D eigenvalue weighted by atomic mass is 10.1. The summed E-state index contributed by atoms with van der Waals surface area (Å²) in [6.07, 6.45) is 0. The average molecular weight is 337 g/mol. The number of rotatable bonds is 5. The van der Waals surface area contributed by atoms with Crippen LogP contribution in [0.4, 0.5) is 14.9 Å².